The Hall–Kier alpha value is -2.20. The van der Waals surface area contributed by atoms with Gasteiger partial charge in [0.2, 0.25) is 0 Å². The quantitative estimate of drug-likeness (QED) is 0.261. The summed E-state index contributed by atoms with van der Waals surface area (Å²) in [5, 5.41) is 3.42. The molecule has 1 N–H and O–H groups in total. The maximum absolute atomic E-state index is 5.97. The third-order valence-electron chi connectivity index (χ3n) is 5.59. The molecule has 1 aliphatic rings. The highest BCUT2D eigenvalue weighted by atomic mass is 127. The molecule has 1 fully saturated rings. The predicted molar refractivity (Wildman–Crippen MR) is 142 cm³/mol. The van der Waals surface area contributed by atoms with E-state index in [1.807, 2.05) is 30.3 Å². The Morgan fingerprint density at radius 2 is 1.76 bits per heavy atom. The van der Waals surface area contributed by atoms with E-state index in [0.717, 1.165) is 44.2 Å². The molecule has 1 heterocycles. The predicted octanol–water partition coefficient (Wildman–Crippen LogP) is 4.33. The zero-order valence-corrected chi connectivity index (χ0v) is 22.3. The van der Waals surface area contributed by atoms with E-state index in [1.54, 1.807) is 21.3 Å². The Bertz CT molecular complexity index is 854. The minimum Gasteiger partial charge on any atom is -0.496 e. The minimum atomic E-state index is 0. The number of ether oxygens (including phenoxy) is 4. The molecule has 8 heteroatoms. The number of halogens is 1. The van der Waals surface area contributed by atoms with E-state index in [1.165, 1.54) is 5.56 Å². The van der Waals surface area contributed by atoms with Crippen molar-refractivity contribution in [2.45, 2.75) is 26.5 Å². The lowest BCUT2D eigenvalue weighted by atomic mass is 10.1. The molecular formula is C25H36IN3O4. The molecule has 0 saturated carbocycles. The van der Waals surface area contributed by atoms with Gasteiger partial charge in [-0.3, -0.25) is 0 Å². The number of methoxy groups -OCH3 is 3. The summed E-state index contributed by atoms with van der Waals surface area (Å²) >= 11 is 0. The minimum absolute atomic E-state index is 0. The lowest BCUT2D eigenvalue weighted by Crippen LogP contribution is -2.40. The zero-order valence-electron chi connectivity index (χ0n) is 20.0. The van der Waals surface area contributed by atoms with Gasteiger partial charge in [0.05, 0.1) is 46.7 Å². The van der Waals surface area contributed by atoms with Gasteiger partial charge in [0.25, 0.3) is 0 Å². The van der Waals surface area contributed by atoms with Gasteiger partial charge in [0.15, 0.2) is 5.96 Å². The third kappa shape index (κ3) is 7.67. The number of hydrogen-bond donors (Lipinski definition) is 1. The second-order valence-corrected chi connectivity index (χ2v) is 7.78. The molecule has 0 amide bonds. The second kappa shape index (κ2) is 14.1. The molecule has 0 spiro atoms. The van der Waals surface area contributed by atoms with Crippen LogP contribution in [0.2, 0.25) is 0 Å². The number of nitrogens with one attached hydrogen (secondary N) is 1. The van der Waals surface area contributed by atoms with Gasteiger partial charge in [-0.25, -0.2) is 4.99 Å². The molecule has 33 heavy (non-hydrogen) atoms. The summed E-state index contributed by atoms with van der Waals surface area (Å²) in [6.07, 6.45) is 1.09. The van der Waals surface area contributed by atoms with Crippen molar-refractivity contribution in [2.75, 3.05) is 47.6 Å². The summed E-state index contributed by atoms with van der Waals surface area (Å²) in [6.45, 7) is 6.64. The average molecular weight is 569 g/mol. The summed E-state index contributed by atoms with van der Waals surface area (Å²) in [7, 11) is 4.92. The Morgan fingerprint density at radius 3 is 2.36 bits per heavy atom. The fourth-order valence-corrected chi connectivity index (χ4v) is 3.89. The molecular weight excluding hydrogens is 533 g/mol. The summed E-state index contributed by atoms with van der Waals surface area (Å²) in [6, 6.07) is 14.0. The molecule has 0 aliphatic carbocycles. The van der Waals surface area contributed by atoms with Crippen molar-refractivity contribution in [3.63, 3.8) is 0 Å². The van der Waals surface area contributed by atoms with Gasteiger partial charge in [-0.15, -0.1) is 24.0 Å². The number of nitrogens with zero attached hydrogens (tertiary/aromatic N) is 2. The highest BCUT2D eigenvalue weighted by Gasteiger charge is 2.25. The van der Waals surface area contributed by atoms with Crippen molar-refractivity contribution < 1.29 is 18.9 Å². The molecule has 7 nitrogen and oxygen atoms in total. The smallest absolute Gasteiger partial charge is 0.194 e. The van der Waals surface area contributed by atoms with Crippen LogP contribution in [0.4, 0.5) is 0 Å². The molecule has 182 valence electrons. The van der Waals surface area contributed by atoms with Gasteiger partial charge in [0, 0.05) is 37.7 Å². The topological polar surface area (TPSA) is 64.6 Å². The lowest BCUT2D eigenvalue weighted by Gasteiger charge is -2.22. The van der Waals surface area contributed by atoms with E-state index in [-0.39, 0.29) is 24.0 Å². The van der Waals surface area contributed by atoms with Crippen LogP contribution in [0.1, 0.15) is 24.5 Å². The molecule has 1 saturated heterocycles. The Labute approximate surface area is 214 Å². The number of aliphatic imine (C=N–C) groups is 1. The highest BCUT2D eigenvalue weighted by molar-refractivity contribution is 14.0. The monoisotopic (exact) mass is 569 g/mol. The van der Waals surface area contributed by atoms with Gasteiger partial charge in [-0.1, -0.05) is 30.3 Å². The van der Waals surface area contributed by atoms with E-state index in [2.05, 4.69) is 29.3 Å². The lowest BCUT2D eigenvalue weighted by molar-refractivity contribution is 0.0906. The molecule has 0 aromatic heterocycles. The molecule has 1 aliphatic heterocycles. The van der Waals surface area contributed by atoms with E-state index in [9.17, 15) is 0 Å². The van der Waals surface area contributed by atoms with Gasteiger partial charge in [-0.2, -0.15) is 0 Å². The van der Waals surface area contributed by atoms with Crippen LogP contribution in [0.3, 0.4) is 0 Å². The fourth-order valence-electron chi connectivity index (χ4n) is 3.89. The maximum Gasteiger partial charge on any atom is 0.194 e. The van der Waals surface area contributed by atoms with Gasteiger partial charge in [0.1, 0.15) is 17.2 Å². The average Bonchev–Trinajstić information content (AvgIpc) is 3.30. The highest BCUT2D eigenvalue weighted by Crippen LogP contribution is 2.34. The fraction of sp³-hybridized carbons (Fsp3) is 0.480. The normalized spacial score (nSPS) is 15.7. The van der Waals surface area contributed by atoms with Gasteiger partial charge in [-0.05, 0) is 18.9 Å². The van der Waals surface area contributed by atoms with Crippen LogP contribution in [0, 0.1) is 5.92 Å². The van der Waals surface area contributed by atoms with Gasteiger partial charge < -0.3 is 29.2 Å². The zero-order chi connectivity index (χ0) is 22.8. The summed E-state index contributed by atoms with van der Waals surface area (Å²) < 4.78 is 22.4. The van der Waals surface area contributed by atoms with Crippen molar-refractivity contribution in [3.05, 3.63) is 53.6 Å². The van der Waals surface area contributed by atoms with Crippen molar-refractivity contribution in [1.82, 2.24) is 10.2 Å². The molecule has 1 atom stereocenters. The van der Waals surface area contributed by atoms with Crippen LogP contribution in [-0.2, 0) is 17.9 Å². The molecule has 0 radical (unpaired) electrons. The van der Waals surface area contributed by atoms with Crippen LogP contribution in [0.25, 0.3) is 0 Å². The summed E-state index contributed by atoms with van der Waals surface area (Å²) in [5.74, 6) is 3.49. The second-order valence-electron chi connectivity index (χ2n) is 7.78. The van der Waals surface area contributed by atoms with Crippen molar-refractivity contribution in [3.8, 4) is 17.2 Å². The van der Waals surface area contributed by atoms with Crippen LogP contribution in [0.15, 0.2) is 47.5 Å². The Kier molecular flexibility index (Phi) is 11.6. The molecule has 2 aromatic rings. The first kappa shape index (κ1) is 27.0. The molecule has 0 bridgehead atoms. The van der Waals surface area contributed by atoms with Crippen LogP contribution in [0.5, 0.6) is 17.2 Å². The summed E-state index contributed by atoms with van der Waals surface area (Å²) in [4.78, 5) is 7.20. The number of rotatable bonds is 10. The van der Waals surface area contributed by atoms with E-state index in [0.29, 0.717) is 36.3 Å². The number of guanidine groups is 1. The first-order valence-electron chi connectivity index (χ1n) is 11.1. The summed E-state index contributed by atoms with van der Waals surface area (Å²) in [5.41, 5.74) is 2.10. The molecule has 2 aromatic carbocycles. The Morgan fingerprint density at radius 1 is 1.06 bits per heavy atom. The first-order valence-corrected chi connectivity index (χ1v) is 11.1. The largest absolute Gasteiger partial charge is 0.496 e. The third-order valence-corrected chi connectivity index (χ3v) is 5.59. The van der Waals surface area contributed by atoms with Gasteiger partial charge >= 0.3 is 0 Å². The van der Waals surface area contributed by atoms with E-state index in [4.69, 9.17) is 23.9 Å². The first-order chi connectivity index (χ1) is 15.7. The van der Waals surface area contributed by atoms with Crippen molar-refractivity contribution in [1.29, 1.82) is 0 Å². The number of hydrogen-bond acceptors (Lipinski definition) is 5. The van der Waals surface area contributed by atoms with Crippen molar-refractivity contribution in [2.24, 2.45) is 10.9 Å². The number of benzene rings is 2. The van der Waals surface area contributed by atoms with Crippen molar-refractivity contribution >= 4 is 29.9 Å². The Balaban J connectivity index is 0.00000385. The van der Waals surface area contributed by atoms with Crippen LogP contribution < -0.4 is 19.5 Å². The standard InChI is InChI=1S/C25H35N3O4.HI/c1-5-26-25(27-15-22-23(30-3)13-21(29-2)14-24(22)31-4)28-12-11-20(16-28)18-32-17-19-9-7-6-8-10-19;/h6-10,13-14,20H,5,11-12,15-18H2,1-4H3,(H,26,27);1H. The van der Waals surface area contributed by atoms with E-state index >= 15 is 0 Å². The van der Waals surface area contributed by atoms with E-state index < -0.39 is 0 Å². The number of likely N-dealkylation sites (tertiary alicyclic amines) is 1. The molecule has 1 unspecified atom stereocenters. The SMILES string of the molecule is CCNC(=NCc1c(OC)cc(OC)cc1OC)N1CCC(COCc2ccccc2)C1.I. The van der Waals surface area contributed by atoms with Crippen LogP contribution >= 0.6 is 24.0 Å². The maximum atomic E-state index is 5.97. The van der Waals surface area contributed by atoms with Crippen LogP contribution in [-0.4, -0.2) is 58.4 Å². The molecule has 3 rings (SSSR count).